The monoisotopic (exact) mass is 402 g/mol. The van der Waals surface area contributed by atoms with E-state index in [-0.39, 0.29) is 5.92 Å². The van der Waals surface area contributed by atoms with Crippen molar-refractivity contribution in [3.05, 3.63) is 69.7 Å². The van der Waals surface area contributed by atoms with Crippen molar-refractivity contribution in [2.45, 2.75) is 12.8 Å². The second-order valence-electron chi connectivity index (χ2n) is 4.77. The van der Waals surface area contributed by atoms with Crippen LogP contribution in [0, 0.1) is 17.6 Å². The van der Waals surface area contributed by atoms with Crippen molar-refractivity contribution in [3.63, 3.8) is 0 Å². The highest BCUT2D eigenvalue weighted by Gasteiger charge is 2.14. The maximum Gasteiger partial charge on any atom is 0.162 e. The third-order valence-electron chi connectivity index (χ3n) is 3.20. The van der Waals surface area contributed by atoms with Gasteiger partial charge in [0.1, 0.15) is 0 Å². The number of rotatable bonds is 5. The van der Waals surface area contributed by atoms with E-state index in [0.717, 1.165) is 22.3 Å². The van der Waals surface area contributed by atoms with E-state index in [0.29, 0.717) is 12.0 Å². The fourth-order valence-electron chi connectivity index (χ4n) is 2.15. The van der Waals surface area contributed by atoms with E-state index in [4.69, 9.17) is 0 Å². The van der Waals surface area contributed by atoms with Gasteiger partial charge in [0.25, 0.3) is 0 Å². The second kappa shape index (κ2) is 7.32. The Morgan fingerprint density at radius 2 is 1.65 bits per heavy atom. The van der Waals surface area contributed by atoms with Crippen molar-refractivity contribution >= 4 is 31.9 Å². The van der Waals surface area contributed by atoms with Crippen LogP contribution in [0.3, 0.4) is 0 Å². The first-order valence-electron chi connectivity index (χ1n) is 6.33. The summed E-state index contributed by atoms with van der Waals surface area (Å²) in [6.45, 7) is 0. The zero-order valence-corrected chi connectivity index (χ0v) is 13.9. The molecule has 0 heterocycles. The summed E-state index contributed by atoms with van der Waals surface area (Å²) in [5.41, 5.74) is 1.63. The van der Waals surface area contributed by atoms with Crippen LogP contribution in [-0.2, 0) is 12.8 Å². The molecule has 0 spiro atoms. The van der Waals surface area contributed by atoms with E-state index in [1.54, 1.807) is 12.1 Å². The molecule has 0 saturated carbocycles. The van der Waals surface area contributed by atoms with Crippen molar-refractivity contribution in [2.75, 3.05) is 5.33 Å². The van der Waals surface area contributed by atoms with Crippen LogP contribution in [0.2, 0.25) is 0 Å². The maximum atomic E-state index is 13.7. The van der Waals surface area contributed by atoms with Gasteiger partial charge in [0.05, 0.1) is 0 Å². The molecule has 0 aliphatic carbocycles. The molecular weight excluding hydrogens is 390 g/mol. The van der Waals surface area contributed by atoms with Gasteiger partial charge in [-0.15, -0.1) is 0 Å². The van der Waals surface area contributed by atoms with Gasteiger partial charge in [0.2, 0.25) is 0 Å². The third-order valence-corrected chi connectivity index (χ3v) is 4.64. The normalized spacial score (nSPS) is 12.4. The Bertz CT molecular complexity index is 567. The van der Waals surface area contributed by atoms with Gasteiger partial charge < -0.3 is 0 Å². The number of hydrogen-bond donors (Lipinski definition) is 0. The highest BCUT2D eigenvalue weighted by molar-refractivity contribution is 9.10. The predicted octanol–water partition coefficient (Wildman–Crippen LogP) is 5.52. The number of alkyl halides is 1. The van der Waals surface area contributed by atoms with Crippen molar-refractivity contribution in [1.82, 2.24) is 0 Å². The first kappa shape index (κ1) is 15.6. The molecule has 2 aromatic rings. The van der Waals surface area contributed by atoms with Crippen molar-refractivity contribution in [1.29, 1.82) is 0 Å². The van der Waals surface area contributed by atoms with Crippen LogP contribution < -0.4 is 0 Å². The number of hydrogen-bond acceptors (Lipinski definition) is 0. The smallest absolute Gasteiger partial charge is 0.162 e. The molecule has 0 aliphatic heterocycles. The zero-order chi connectivity index (χ0) is 14.5. The Labute approximate surface area is 134 Å². The van der Waals surface area contributed by atoms with Crippen LogP contribution in [0.15, 0.2) is 46.9 Å². The molecule has 106 valence electrons. The van der Waals surface area contributed by atoms with E-state index < -0.39 is 11.6 Å². The van der Waals surface area contributed by atoms with Crippen LogP contribution >= 0.6 is 31.9 Å². The van der Waals surface area contributed by atoms with Crippen molar-refractivity contribution in [2.24, 2.45) is 5.92 Å². The summed E-state index contributed by atoms with van der Waals surface area (Å²) in [6.07, 6.45) is 1.35. The molecule has 1 atom stereocenters. The van der Waals surface area contributed by atoms with Gasteiger partial charge in [-0.05, 0) is 48.1 Å². The molecule has 0 radical (unpaired) electrons. The van der Waals surface area contributed by atoms with Crippen molar-refractivity contribution < 1.29 is 8.78 Å². The Balaban J connectivity index is 2.09. The lowest BCUT2D eigenvalue weighted by Crippen LogP contribution is -2.11. The molecule has 1 unspecified atom stereocenters. The summed E-state index contributed by atoms with van der Waals surface area (Å²) < 4.78 is 27.9. The summed E-state index contributed by atoms with van der Waals surface area (Å²) in [5.74, 6) is -1.28. The minimum Gasteiger partial charge on any atom is -0.204 e. The van der Waals surface area contributed by atoms with Crippen LogP contribution in [-0.4, -0.2) is 5.33 Å². The molecule has 0 bridgehead atoms. The summed E-state index contributed by atoms with van der Waals surface area (Å²) in [5, 5.41) is 0.749. The highest BCUT2D eigenvalue weighted by atomic mass is 79.9. The standard InChI is InChI=1S/C16H14Br2F2/c17-10-12(8-11-4-6-14(18)7-5-11)9-13-2-1-3-15(19)16(13)20/h1-7,12H,8-10H2. The average molecular weight is 404 g/mol. The molecule has 20 heavy (non-hydrogen) atoms. The van der Waals surface area contributed by atoms with Gasteiger partial charge >= 0.3 is 0 Å². The van der Waals surface area contributed by atoms with Crippen LogP contribution in [0.4, 0.5) is 8.78 Å². The van der Waals surface area contributed by atoms with E-state index >= 15 is 0 Å². The predicted molar refractivity (Wildman–Crippen MR) is 85.2 cm³/mol. The van der Waals surface area contributed by atoms with Gasteiger partial charge in [-0.2, -0.15) is 0 Å². The first-order valence-corrected chi connectivity index (χ1v) is 8.25. The Morgan fingerprint density at radius 3 is 2.30 bits per heavy atom. The largest absolute Gasteiger partial charge is 0.204 e. The van der Waals surface area contributed by atoms with E-state index in [9.17, 15) is 8.78 Å². The molecular formula is C16H14Br2F2. The Morgan fingerprint density at radius 1 is 0.950 bits per heavy atom. The quantitative estimate of drug-likeness (QED) is 0.576. The lowest BCUT2D eigenvalue weighted by Gasteiger charge is -2.15. The van der Waals surface area contributed by atoms with E-state index in [2.05, 4.69) is 31.9 Å². The summed E-state index contributed by atoms with van der Waals surface area (Å²) >= 11 is 6.86. The van der Waals surface area contributed by atoms with Crippen LogP contribution in [0.1, 0.15) is 11.1 Å². The molecule has 0 fully saturated rings. The molecule has 0 saturated heterocycles. The van der Waals surface area contributed by atoms with Crippen molar-refractivity contribution in [3.8, 4) is 0 Å². The summed E-state index contributed by atoms with van der Waals surface area (Å²) in [7, 11) is 0. The highest BCUT2D eigenvalue weighted by Crippen LogP contribution is 2.21. The summed E-state index contributed by atoms with van der Waals surface area (Å²) in [4.78, 5) is 0. The van der Waals surface area contributed by atoms with Crippen LogP contribution in [0.5, 0.6) is 0 Å². The lowest BCUT2D eigenvalue weighted by molar-refractivity contribution is 0.485. The first-order chi connectivity index (χ1) is 9.60. The van der Waals surface area contributed by atoms with Gasteiger partial charge in [-0.1, -0.05) is 56.1 Å². The maximum absolute atomic E-state index is 13.7. The molecule has 0 N–H and O–H groups in total. The van der Waals surface area contributed by atoms with Gasteiger partial charge in [-0.25, -0.2) is 8.78 Å². The SMILES string of the molecule is Fc1cccc(CC(CBr)Cc2ccc(Br)cc2)c1F. The lowest BCUT2D eigenvalue weighted by atomic mass is 9.94. The fourth-order valence-corrected chi connectivity index (χ4v) is 2.87. The topological polar surface area (TPSA) is 0 Å². The minimum atomic E-state index is -0.778. The van der Waals surface area contributed by atoms with E-state index in [1.165, 1.54) is 5.56 Å². The molecule has 2 aromatic carbocycles. The van der Waals surface area contributed by atoms with Gasteiger partial charge in [-0.3, -0.25) is 0 Å². The molecule has 0 nitrogen and oxygen atoms in total. The third kappa shape index (κ3) is 4.13. The fraction of sp³-hybridized carbons (Fsp3) is 0.250. The Hall–Kier alpha value is -0.740. The molecule has 0 amide bonds. The zero-order valence-electron chi connectivity index (χ0n) is 10.8. The number of benzene rings is 2. The Kier molecular flexibility index (Phi) is 5.73. The molecule has 4 heteroatoms. The second-order valence-corrected chi connectivity index (χ2v) is 6.33. The van der Waals surface area contributed by atoms with Gasteiger partial charge in [0, 0.05) is 9.80 Å². The molecule has 0 aliphatic rings. The average Bonchev–Trinajstić information content (AvgIpc) is 2.45. The van der Waals surface area contributed by atoms with Gasteiger partial charge in [0.15, 0.2) is 11.6 Å². The summed E-state index contributed by atoms with van der Waals surface area (Å²) in [6, 6.07) is 12.4. The minimum absolute atomic E-state index is 0.229. The van der Waals surface area contributed by atoms with E-state index in [1.807, 2.05) is 24.3 Å². The van der Waals surface area contributed by atoms with Crippen LogP contribution in [0.25, 0.3) is 0 Å². The molecule has 0 aromatic heterocycles. The number of halogens is 4. The molecule has 2 rings (SSSR count).